The molecule has 2 aliphatic heterocycles. The summed E-state index contributed by atoms with van der Waals surface area (Å²) in [7, 11) is 0. The van der Waals surface area contributed by atoms with Crippen molar-refractivity contribution in [2.45, 2.75) is 38.0 Å². The fourth-order valence-corrected chi connectivity index (χ4v) is 3.75. The van der Waals surface area contributed by atoms with Crippen molar-refractivity contribution in [2.24, 2.45) is 0 Å². The number of hydrogen-bond donors (Lipinski definition) is 2. The molecule has 4 rings (SSSR count). The predicted molar refractivity (Wildman–Crippen MR) is 100 cm³/mol. The first kappa shape index (κ1) is 18.8. The maximum Gasteiger partial charge on any atom is 0.224 e. The maximum absolute atomic E-state index is 13.4. The number of nitrogens with zero attached hydrogens (tertiary/aromatic N) is 1. The Labute approximate surface area is 161 Å². The van der Waals surface area contributed by atoms with Crippen LogP contribution in [0.1, 0.15) is 24.0 Å². The number of fused-ring (bicyclic) bond motifs is 1. The molecule has 2 atom stereocenters. The number of rotatable bonds is 4. The summed E-state index contributed by atoms with van der Waals surface area (Å²) in [6.07, 6.45) is 0.742. The van der Waals surface area contributed by atoms with Gasteiger partial charge in [-0.1, -0.05) is 12.1 Å². The molecule has 2 aromatic carbocycles. The lowest BCUT2D eigenvalue weighted by Crippen LogP contribution is -2.48. The molecule has 28 heavy (non-hydrogen) atoms. The molecule has 2 N–H and O–H groups in total. The molecule has 0 aromatic heterocycles. The Balaban J connectivity index is 1.36. The number of aliphatic hydroxyl groups is 1. The quantitative estimate of drug-likeness (QED) is 0.846. The number of benzene rings is 2. The van der Waals surface area contributed by atoms with Crippen LogP contribution in [0, 0.1) is 11.6 Å². The van der Waals surface area contributed by atoms with Crippen molar-refractivity contribution in [3.8, 4) is 5.75 Å². The number of halogens is 2. The van der Waals surface area contributed by atoms with E-state index in [1.807, 2.05) is 17.0 Å². The van der Waals surface area contributed by atoms with Gasteiger partial charge in [-0.25, -0.2) is 8.78 Å². The molecule has 5 nitrogen and oxygen atoms in total. The molecular weight excluding hydrogens is 366 g/mol. The van der Waals surface area contributed by atoms with Crippen molar-refractivity contribution in [1.29, 1.82) is 0 Å². The van der Waals surface area contributed by atoms with E-state index in [0.29, 0.717) is 50.2 Å². The number of aryl methyl sites for hydroxylation is 1. The first-order valence-electron chi connectivity index (χ1n) is 9.42. The van der Waals surface area contributed by atoms with E-state index in [2.05, 4.69) is 5.32 Å². The second-order valence-electron chi connectivity index (χ2n) is 7.36. The number of amides is 1. The van der Waals surface area contributed by atoms with E-state index in [4.69, 9.17) is 4.74 Å². The minimum Gasteiger partial charge on any atom is -0.488 e. The molecule has 148 valence electrons. The van der Waals surface area contributed by atoms with Crippen molar-refractivity contribution >= 4 is 11.6 Å². The number of anilines is 1. The maximum atomic E-state index is 13.4. The molecule has 0 aliphatic carbocycles. The largest absolute Gasteiger partial charge is 0.488 e. The van der Waals surface area contributed by atoms with Gasteiger partial charge in [-0.2, -0.15) is 0 Å². The molecule has 0 radical (unpaired) electrons. The van der Waals surface area contributed by atoms with Crippen LogP contribution in [-0.4, -0.2) is 41.2 Å². The summed E-state index contributed by atoms with van der Waals surface area (Å²) in [6.45, 7) is 1.49. The van der Waals surface area contributed by atoms with Crippen LogP contribution in [-0.2, 0) is 17.8 Å². The average molecular weight is 388 g/mol. The van der Waals surface area contributed by atoms with Crippen molar-refractivity contribution in [1.82, 2.24) is 4.90 Å². The molecule has 0 unspecified atom stereocenters. The zero-order valence-electron chi connectivity index (χ0n) is 15.3. The molecule has 2 heterocycles. The van der Waals surface area contributed by atoms with E-state index in [9.17, 15) is 18.7 Å². The van der Waals surface area contributed by atoms with E-state index >= 15 is 0 Å². The van der Waals surface area contributed by atoms with Crippen LogP contribution in [0.5, 0.6) is 5.75 Å². The smallest absolute Gasteiger partial charge is 0.224 e. The van der Waals surface area contributed by atoms with E-state index in [0.717, 1.165) is 17.3 Å². The van der Waals surface area contributed by atoms with E-state index in [-0.39, 0.29) is 12.0 Å². The number of nitrogens with one attached hydrogen (secondary N) is 1. The number of likely N-dealkylation sites (tertiary alicyclic amines) is 1. The summed E-state index contributed by atoms with van der Waals surface area (Å²) in [4.78, 5) is 13.6. The SMILES string of the molecule is O=C1CCc2ccc(O[C@@H]3CCN(Cc4ccc(F)c(F)c4)C[C@H]3O)cc2N1. The molecule has 2 aliphatic rings. The third kappa shape index (κ3) is 4.15. The molecule has 1 saturated heterocycles. The highest BCUT2D eigenvalue weighted by atomic mass is 19.2. The zero-order valence-corrected chi connectivity index (χ0v) is 15.3. The van der Waals surface area contributed by atoms with Gasteiger partial charge in [-0.15, -0.1) is 0 Å². The predicted octanol–water partition coefficient (Wildman–Crippen LogP) is 2.86. The van der Waals surface area contributed by atoms with Gasteiger partial charge >= 0.3 is 0 Å². The van der Waals surface area contributed by atoms with E-state index < -0.39 is 17.7 Å². The summed E-state index contributed by atoms with van der Waals surface area (Å²) >= 11 is 0. The van der Waals surface area contributed by atoms with Crippen LogP contribution in [0.3, 0.4) is 0 Å². The molecular formula is C21H22F2N2O3. The summed E-state index contributed by atoms with van der Waals surface area (Å²) in [6, 6.07) is 9.45. The summed E-state index contributed by atoms with van der Waals surface area (Å²) in [5, 5.41) is 13.3. The first-order valence-corrected chi connectivity index (χ1v) is 9.42. The highest BCUT2D eigenvalue weighted by molar-refractivity contribution is 5.94. The molecule has 0 bridgehead atoms. The summed E-state index contributed by atoms with van der Waals surface area (Å²) < 4.78 is 32.4. The zero-order chi connectivity index (χ0) is 19.7. The normalized spacial score (nSPS) is 22.5. The van der Waals surface area contributed by atoms with E-state index in [1.165, 1.54) is 6.07 Å². The van der Waals surface area contributed by atoms with Gasteiger partial charge in [0.15, 0.2) is 11.6 Å². The number of hydrogen-bond acceptors (Lipinski definition) is 4. The van der Waals surface area contributed by atoms with Gasteiger partial charge < -0.3 is 15.2 Å². The Morgan fingerprint density at radius 2 is 2.00 bits per heavy atom. The lowest BCUT2D eigenvalue weighted by atomic mass is 10.0. The van der Waals surface area contributed by atoms with Gasteiger partial charge in [0.1, 0.15) is 18.0 Å². The number of carbonyl (C=O) groups is 1. The van der Waals surface area contributed by atoms with Gasteiger partial charge in [0.2, 0.25) is 5.91 Å². The third-order valence-corrected chi connectivity index (χ3v) is 5.26. The van der Waals surface area contributed by atoms with Gasteiger partial charge in [0.05, 0.1) is 0 Å². The molecule has 1 amide bonds. The number of β-amino-alcohol motifs (C(OH)–C–C–N with tert-alkyl or cyclic N) is 1. The molecule has 1 fully saturated rings. The van der Waals surface area contributed by atoms with Gasteiger partial charge in [-0.3, -0.25) is 9.69 Å². The number of carbonyl (C=O) groups excluding carboxylic acids is 1. The number of ether oxygens (including phenoxy) is 1. The monoisotopic (exact) mass is 388 g/mol. The Kier molecular flexibility index (Phi) is 5.28. The minimum atomic E-state index is -0.865. The third-order valence-electron chi connectivity index (χ3n) is 5.26. The van der Waals surface area contributed by atoms with Gasteiger partial charge in [-0.05, 0) is 42.2 Å². The average Bonchev–Trinajstić information content (AvgIpc) is 2.66. The Morgan fingerprint density at radius 3 is 2.79 bits per heavy atom. The van der Waals surface area contributed by atoms with Crippen LogP contribution < -0.4 is 10.1 Å². The van der Waals surface area contributed by atoms with Gasteiger partial charge in [0, 0.05) is 37.8 Å². The highest BCUT2D eigenvalue weighted by Gasteiger charge is 2.29. The number of piperidine rings is 1. The second-order valence-corrected chi connectivity index (χ2v) is 7.36. The fourth-order valence-electron chi connectivity index (χ4n) is 3.75. The summed E-state index contributed by atoms with van der Waals surface area (Å²) in [5.41, 5.74) is 2.50. The van der Waals surface area contributed by atoms with Crippen LogP contribution >= 0.6 is 0 Å². The molecule has 7 heteroatoms. The first-order chi connectivity index (χ1) is 13.5. The Morgan fingerprint density at radius 1 is 1.14 bits per heavy atom. The second kappa shape index (κ2) is 7.85. The lowest BCUT2D eigenvalue weighted by Gasteiger charge is -2.36. The van der Waals surface area contributed by atoms with E-state index in [1.54, 1.807) is 12.1 Å². The van der Waals surface area contributed by atoms with Crippen molar-refractivity contribution < 1.29 is 23.4 Å². The van der Waals surface area contributed by atoms with Crippen LogP contribution in [0.2, 0.25) is 0 Å². The highest BCUT2D eigenvalue weighted by Crippen LogP contribution is 2.29. The van der Waals surface area contributed by atoms with Gasteiger partial charge in [0.25, 0.3) is 0 Å². The van der Waals surface area contributed by atoms with Crippen molar-refractivity contribution in [3.63, 3.8) is 0 Å². The number of aliphatic hydroxyl groups excluding tert-OH is 1. The van der Waals surface area contributed by atoms with Crippen LogP contribution in [0.4, 0.5) is 14.5 Å². The van der Waals surface area contributed by atoms with Crippen molar-refractivity contribution in [3.05, 3.63) is 59.2 Å². The molecule has 2 aromatic rings. The van der Waals surface area contributed by atoms with Crippen LogP contribution in [0.15, 0.2) is 36.4 Å². The van der Waals surface area contributed by atoms with Crippen LogP contribution in [0.25, 0.3) is 0 Å². The molecule has 0 saturated carbocycles. The standard InChI is InChI=1S/C21H22F2N2O3/c22-16-5-1-13(9-17(16)23)11-25-8-7-20(19(26)12-25)28-15-4-2-14-3-6-21(27)24-18(14)10-15/h1-2,4-5,9-10,19-20,26H,3,6-8,11-12H2,(H,24,27)/t19-,20-/m1/s1. The fraction of sp³-hybridized carbons (Fsp3) is 0.381. The van der Waals surface area contributed by atoms with Crippen molar-refractivity contribution in [2.75, 3.05) is 18.4 Å². The topological polar surface area (TPSA) is 61.8 Å². The molecule has 0 spiro atoms. The Bertz CT molecular complexity index is 890. The lowest BCUT2D eigenvalue weighted by molar-refractivity contribution is -0.116. The minimum absolute atomic E-state index is 0.00442. The summed E-state index contributed by atoms with van der Waals surface area (Å²) in [5.74, 6) is -1.12. The Hall–Kier alpha value is -2.51.